The number of nitro benzene ring substituents is 1. The fourth-order valence-corrected chi connectivity index (χ4v) is 3.07. The fourth-order valence-electron chi connectivity index (χ4n) is 2.33. The molecule has 11 heteroatoms. The Morgan fingerprint density at radius 1 is 1.33 bits per heavy atom. The molecule has 0 aliphatic carbocycles. The Balaban J connectivity index is 2.37. The molecule has 24 heavy (non-hydrogen) atoms. The van der Waals surface area contributed by atoms with Crippen molar-refractivity contribution in [3.63, 3.8) is 0 Å². The van der Waals surface area contributed by atoms with E-state index in [0.29, 0.717) is 19.0 Å². The Morgan fingerprint density at radius 2 is 2.04 bits per heavy atom. The van der Waals surface area contributed by atoms with Crippen LogP contribution in [0.5, 0.6) is 0 Å². The first kappa shape index (κ1) is 18.0. The van der Waals surface area contributed by atoms with E-state index in [1.165, 1.54) is 0 Å². The Kier molecular flexibility index (Phi) is 5.32. The molecule has 0 bridgehead atoms. The van der Waals surface area contributed by atoms with E-state index < -0.39 is 37.1 Å². The molecule has 1 aliphatic heterocycles. The van der Waals surface area contributed by atoms with Crippen molar-refractivity contribution in [1.29, 1.82) is 0 Å². The predicted molar refractivity (Wildman–Crippen MR) is 80.6 cm³/mol. The van der Waals surface area contributed by atoms with Crippen LogP contribution < -0.4 is 10.6 Å². The van der Waals surface area contributed by atoms with Crippen LogP contribution in [0.25, 0.3) is 0 Å². The highest BCUT2D eigenvalue weighted by Gasteiger charge is 2.30. The smallest absolute Gasteiger partial charge is 0.341 e. The van der Waals surface area contributed by atoms with Gasteiger partial charge in [0.05, 0.1) is 9.82 Å². The van der Waals surface area contributed by atoms with Crippen LogP contribution in [0.3, 0.4) is 0 Å². The van der Waals surface area contributed by atoms with Crippen LogP contribution in [0.4, 0.5) is 20.2 Å². The summed E-state index contributed by atoms with van der Waals surface area (Å²) in [5.74, 6) is -4.00. The van der Waals surface area contributed by atoms with Gasteiger partial charge in [-0.3, -0.25) is 14.9 Å². The number of nitrogens with zero attached hydrogens (tertiary/aromatic N) is 1. The van der Waals surface area contributed by atoms with E-state index in [2.05, 4.69) is 10.6 Å². The van der Waals surface area contributed by atoms with Crippen molar-refractivity contribution in [2.24, 2.45) is 0 Å². The number of carbonyl (C=O) groups is 1. The molecule has 2 N–H and O–H groups in total. The van der Waals surface area contributed by atoms with Crippen molar-refractivity contribution >= 4 is 27.1 Å². The minimum atomic E-state index is -4.94. The Labute approximate surface area is 136 Å². The molecule has 2 rings (SSSR count). The summed E-state index contributed by atoms with van der Waals surface area (Å²) in [6.45, 7) is 0.505. The zero-order chi connectivity index (χ0) is 17.9. The van der Waals surface area contributed by atoms with Crippen molar-refractivity contribution in [3.8, 4) is 0 Å². The minimum absolute atomic E-state index is 0.102. The molecule has 0 saturated carbocycles. The summed E-state index contributed by atoms with van der Waals surface area (Å²) >= 11 is 0. The average Bonchev–Trinajstić information content (AvgIpc) is 2.72. The number of nitrogens with one attached hydrogen (secondary N) is 2. The summed E-state index contributed by atoms with van der Waals surface area (Å²) in [6.07, 6.45) is 1.94. The van der Waals surface area contributed by atoms with Crippen LogP contribution >= 0.6 is 0 Å². The molecule has 0 radical (unpaired) electrons. The lowest BCUT2D eigenvalue weighted by molar-refractivity contribution is -0.384. The second-order valence-electron chi connectivity index (χ2n) is 5.23. The number of anilines is 1. The molecular formula is C13H15F2N3O5S. The van der Waals surface area contributed by atoms with Crippen LogP contribution in [0.1, 0.15) is 19.3 Å². The lowest BCUT2D eigenvalue weighted by atomic mass is 10.1. The fraction of sp³-hybridized carbons (Fsp3) is 0.462. The first-order valence-electron chi connectivity index (χ1n) is 7.08. The van der Waals surface area contributed by atoms with Gasteiger partial charge in [-0.25, -0.2) is 8.42 Å². The normalized spacial score (nSPS) is 18.8. The van der Waals surface area contributed by atoms with Gasteiger partial charge in [-0.05, 0) is 31.4 Å². The van der Waals surface area contributed by atoms with Crippen molar-refractivity contribution in [2.45, 2.75) is 36.0 Å². The van der Waals surface area contributed by atoms with Crippen LogP contribution in [0.2, 0.25) is 0 Å². The average molecular weight is 363 g/mol. The van der Waals surface area contributed by atoms with Gasteiger partial charge in [0.25, 0.3) is 5.69 Å². The molecule has 1 saturated heterocycles. The topological polar surface area (TPSA) is 118 Å². The molecule has 0 aromatic heterocycles. The zero-order valence-corrected chi connectivity index (χ0v) is 13.2. The van der Waals surface area contributed by atoms with Crippen molar-refractivity contribution in [2.75, 3.05) is 11.9 Å². The summed E-state index contributed by atoms with van der Waals surface area (Å²) in [7, 11) is -4.94. The summed E-state index contributed by atoms with van der Waals surface area (Å²) in [5.41, 5.74) is -0.788. The van der Waals surface area contributed by atoms with Gasteiger partial charge in [0, 0.05) is 12.6 Å². The number of alkyl halides is 2. The van der Waals surface area contributed by atoms with Gasteiger partial charge in [-0.2, -0.15) is 8.78 Å². The molecular weight excluding hydrogens is 348 g/mol. The number of hydrogen-bond acceptors (Lipinski definition) is 6. The maximum atomic E-state index is 12.6. The molecule has 1 aliphatic rings. The number of amides is 1. The van der Waals surface area contributed by atoms with Crippen molar-refractivity contribution in [1.82, 2.24) is 5.32 Å². The highest BCUT2D eigenvalue weighted by molar-refractivity contribution is 7.91. The van der Waals surface area contributed by atoms with E-state index in [1.54, 1.807) is 0 Å². The maximum Gasteiger partial charge on any atom is 0.341 e. The SMILES string of the molecule is O=C1NCCCCC1Nc1ccc(S(=O)(=O)C(F)F)cc1[N+](=O)[O-]. The van der Waals surface area contributed by atoms with Crippen LogP contribution in [-0.4, -0.2) is 37.6 Å². The van der Waals surface area contributed by atoms with Crippen LogP contribution in [-0.2, 0) is 14.6 Å². The molecule has 1 amide bonds. The number of benzene rings is 1. The summed E-state index contributed by atoms with van der Waals surface area (Å²) in [5, 5.41) is 16.5. The predicted octanol–water partition coefficient (Wildman–Crippen LogP) is 1.67. The molecule has 132 valence electrons. The van der Waals surface area contributed by atoms with Gasteiger partial charge in [-0.1, -0.05) is 0 Å². The molecule has 1 aromatic rings. The standard InChI is InChI=1S/C13H15F2N3O5S/c14-13(15)24(22,23)8-4-5-9(11(7-8)18(20)21)17-10-3-1-2-6-16-12(10)19/h4-5,7,10,13,17H,1-3,6H2,(H,16,19). The second-order valence-corrected chi connectivity index (χ2v) is 7.14. The number of hydrogen-bond donors (Lipinski definition) is 2. The molecule has 1 atom stereocenters. The van der Waals surface area contributed by atoms with Crippen LogP contribution in [0, 0.1) is 10.1 Å². The Morgan fingerprint density at radius 3 is 2.67 bits per heavy atom. The highest BCUT2D eigenvalue weighted by atomic mass is 32.2. The number of rotatable bonds is 5. The van der Waals surface area contributed by atoms with Gasteiger partial charge >= 0.3 is 5.76 Å². The van der Waals surface area contributed by atoms with Crippen molar-refractivity contribution < 1.29 is 26.9 Å². The van der Waals surface area contributed by atoms with Gasteiger partial charge < -0.3 is 10.6 Å². The number of sulfone groups is 1. The molecule has 8 nitrogen and oxygen atoms in total. The number of carbonyl (C=O) groups excluding carboxylic acids is 1. The quantitative estimate of drug-likeness (QED) is 0.607. The van der Waals surface area contributed by atoms with E-state index >= 15 is 0 Å². The van der Waals surface area contributed by atoms with E-state index in [4.69, 9.17) is 0 Å². The summed E-state index contributed by atoms with van der Waals surface area (Å²) < 4.78 is 48.0. The van der Waals surface area contributed by atoms with E-state index in [-0.39, 0.29) is 11.6 Å². The number of halogens is 2. The van der Waals surface area contributed by atoms with E-state index in [9.17, 15) is 32.1 Å². The Hall–Kier alpha value is -2.30. The van der Waals surface area contributed by atoms with E-state index in [0.717, 1.165) is 25.0 Å². The molecule has 1 fully saturated rings. The van der Waals surface area contributed by atoms with Gasteiger partial charge in [0.1, 0.15) is 11.7 Å². The van der Waals surface area contributed by atoms with Crippen molar-refractivity contribution in [3.05, 3.63) is 28.3 Å². The zero-order valence-electron chi connectivity index (χ0n) is 12.4. The Bertz CT molecular complexity index is 754. The third-order valence-electron chi connectivity index (χ3n) is 3.59. The largest absolute Gasteiger partial charge is 0.368 e. The monoisotopic (exact) mass is 363 g/mol. The third-order valence-corrected chi connectivity index (χ3v) is 4.97. The van der Waals surface area contributed by atoms with Gasteiger partial charge in [-0.15, -0.1) is 0 Å². The van der Waals surface area contributed by atoms with E-state index in [1.807, 2.05) is 0 Å². The lowest BCUT2D eigenvalue weighted by Crippen LogP contribution is -2.38. The lowest BCUT2D eigenvalue weighted by Gasteiger charge is -2.17. The second kappa shape index (κ2) is 7.07. The first-order chi connectivity index (χ1) is 11.2. The molecule has 1 aromatic carbocycles. The highest BCUT2D eigenvalue weighted by Crippen LogP contribution is 2.30. The minimum Gasteiger partial charge on any atom is -0.368 e. The number of nitro groups is 1. The van der Waals surface area contributed by atoms with Crippen LogP contribution in [0.15, 0.2) is 23.1 Å². The maximum absolute atomic E-state index is 12.6. The third kappa shape index (κ3) is 3.78. The summed E-state index contributed by atoms with van der Waals surface area (Å²) in [4.78, 5) is 21.3. The molecule has 0 spiro atoms. The molecule has 1 heterocycles. The van der Waals surface area contributed by atoms with Gasteiger partial charge in [0.15, 0.2) is 0 Å². The van der Waals surface area contributed by atoms with Gasteiger partial charge in [0.2, 0.25) is 15.7 Å². The first-order valence-corrected chi connectivity index (χ1v) is 8.63. The molecule has 1 unspecified atom stereocenters. The summed E-state index contributed by atoms with van der Waals surface area (Å²) in [6, 6.07) is 1.72.